The molecule has 1 aliphatic carbocycles. The average molecular weight is 284 g/mol. The standard InChI is InChI=1S/C13H24N4O3/c1-14-11(18)8-17(2)9-12(19)16-13(20)15-10-6-4-3-5-7-10/h10H,3-9H2,1-2H3,(H,14,18)(H2,15,16,19,20). The quantitative estimate of drug-likeness (QED) is 0.653. The highest BCUT2D eigenvalue weighted by molar-refractivity contribution is 5.95. The number of likely N-dealkylation sites (N-methyl/N-ethyl adjacent to an activating group) is 2. The number of urea groups is 1. The van der Waals surface area contributed by atoms with Crippen molar-refractivity contribution in [2.45, 2.75) is 38.1 Å². The first-order valence-corrected chi connectivity index (χ1v) is 7.00. The number of carbonyl (C=O) groups is 3. The normalized spacial score (nSPS) is 15.8. The average Bonchev–Trinajstić information content (AvgIpc) is 2.38. The Morgan fingerprint density at radius 1 is 1.05 bits per heavy atom. The second-order valence-corrected chi connectivity index (χ2v) is 5.20. The third-order valence-corrected chi connectivity index (χ3v) is 3.30. The Kier molecular flexibility index (Phi) is 7.00. The second-order valence-electron chi connectivity index (χ2n) is 5.20. The Balaban J connectivity index is 2.23. The summed E-state index contributed by atoms with van der Waals surface area (Å²) in [6.45, 7) is 0.125. The Morgan fingerprint density at radius 2 is 1.65 bits per heavy atom. The maximum Gasteiger partial charge on any atom is 0.321 e. The van der Waals surface area contributed by atoms with Crippen molar-refractivity contribution in [1.82, 2.24) is 20.9 Å². The number of hydrogen-bond donors (Lipinski definition) is 3. The van der Waals surface area contributed by atoms with Crippen LogP contribution in [0.1, 0.15) is 32.1 Å². The van der Waals surface area contributed by atoms with Crippen LogP contribution in [-0.2, 0) is 9.59 Å². The lowest BCUT2D eigenvalue weighted by molar-refractivity contribution is -0.123. The van der Waals surface area contributed by atoms with E-state index in [4.69, 9.17) is 0 Å². The Bertz CT molecular complexity index is 354. The fourth-order valence-corrected chi connectivity index (χ4v) is 2.26. The summed E-state index contributed by atoms with van der Waals surface area (Å²) in [5.41, 5.74) is 0. The summed E-state index contributed by atoms with van der Waals surface area (Å²) in [5, 5.41) is 7.57. The fourth-order valence-electron chi connectivity index (χ4n) is 2.26. The molecule has 0 aromatic rings. The van der Waals surface area contributed by atoms with Crippen molar-refractivity contribution in [3.63, 3.8) is 0 Å². The number of rotatable bonds is 5. The minimum Gasteiger partial charge on any atom is -0.358 e. The molecule has 0 heterocycles. The van der Waals surface area contributed by atoms with Crippen LogP contribution in [0, 0.1) is 0 Å². The summed E-state index contributed by atoms with van der Waals surface area (Å²) < 4.78 is 0. The van der Waals surface area contributed by atoms with Crippen molar-refractivity contribution in [3.8, 4) is 0 Å². The molecular formula is C13H24N4O3. The minimum atomic E-state index is -0.449. The van der Waals surface area contributed by atoms with Crippen LogP contribution >= 0.6 is 0 Å². The lowest BCUT2D eigenvalue weighted by Crippen LogP contribution is -2.48. The maximum atomic E-state index is 11.6. The molecule has 0 radical (unpaired) electrons. The van der Waals surface area contributed by atoms with E-state index in [2.05, 4.69) is 16.0 Å². The van der Waals surface area contributed by atoms with Crippen LogP contribution in [0.25, 0.3) is 0 Å². The molecule has 0 spiro atoms. The van der Waals surface area contributed by atoms with Gasteiger partial charge in [0, 0.05) is 13.1 Å². The minimum absolute atomic E-state index is 0.00546. The van der Waals surface area contributed by atoms with Gasteiger partial charge in [-0.25, -0.2) is 4.79 Å². The first-order valence-electron chi connectivity index (χ1n) is 7.00. The monoisotopic (exact) mass is 284 g/mol. The number of nitrogens with one attached hydrogen (secondary N) is 3. The Hall–Kier alpha value is -1.63. The molecule has 1 aliphatic rings. The maximum absolute atomic E-state index is 11.6. The van der Waals surface area contributed by atoms with E-state index < -0.39 is 11.9 Å². The van der Waals surface area contributed by atoms with E-state index in [1.165, 1.54) is 13.5 Å². The summed E-state index contributed by atoms with van der Waals surface area (Å²) in [6, 6.07) is -0.282. The molecule has 1 saturated carbocycles. The van der Waals surface area contributed by atoms with Gasteiger partial charge in [-0.1, -0.05) is 19.3 Å². The van der Waals surface area contributed by atoms with Crippen molar-refractivity contribution < 1.29 is 14.4 Å². The van der Waals surface area contributed by atoms with Crippen molar-refractivity contribution in [1.29, 1.82) is 0 Å². The van der Waals surface area contributed by atoms with Crippen LogP contribution in [0.4, 0.5) is 4.79 Å². The molecule has 0 atom stereocenters. The SMILES string of the molecule is CNC(=O)CN(C)CC(=O)NC(=O)NC1CCCCC1. The summed E-state index contributed by atoms with van der Waals surface area (Å²) in [4.78, 5) is 35.9. The number of nitrogens with zero attached hydrogens (tertiary/aromatic N) is 1. The summed E-state index contributed by atoms with van der Waals surface area (Å²) in [6.07, 6.45) is 5.39. The predicted molar refractivity (Wildman–Crippen MR) is 75.1 cm³/mol. The van der Waals surface area contributed by atoms with Gasteiger partial charge in [0.15, 0.2) is 0 Å². The molecule has 1 fully saturated rings. The zero-order valence-electron chi connectivity index (χ0n) is 12.2. The highest BCUT2D eigenvalue weighted by Gasteiger charge is 2.17. The molecule has 4 amide bonds. The van der Waals surface area contributed by atoms with E-state index in [0.29, 0.717) is 0 Å². The van der Waals surface area contributed by atoms with Crippen LogP contribution in [0.3, 0.4) is 0 Å². The van der Waals surface area contributed by atoms with Crippen LogP contribution in [-0.4, -0.2) is 56.0 Å². The van der Waals surface area contributed by atoms with Gasteiger partial charge >= 0.3 is 6.03 Å². The van der Waals surface area contributed by atoms with Crippen molar-refractivity contribution in [2.75, 3.05) is 27.2 Å². The molecular weight excluding hydrogens is 260 g/mol. The highest BCUT2D eigenvalue weighted by Crippen LogP contribution is 2.16. The molecule has 0 saturated heterocycles. The molecule has 0 aliphatic heterocycles. The van der Waals surface area contributed by atoms with Crippen molar-refractivity contribution in [3.05, 3.63) is 0 Å². The summed E-state index contributed by atoms with van der Waals surface area (Å²) in [5.74, 6) is -0.586. The molecule has 0 aromatic heterocycles. The van der Waals surface area contributed by atoms with E-state index in [0.717, 1.165) is 25.7 Å². The van der Waals surface area contributed by atoms with E-state index in [1.54, 1.807) is 11.9 Å². The van der Waals surface area contributed by atoms with Crippen molar-refractivity contribution in [2.24, 2.45) is 0 Å². The van der Waals surface area contributed by atoms with Gasteiger partial charge in [-0.2, -0.15) is 0 Å². The number of hydrogen-bond acceptors (Lipinski definition) is 4. The van der Waals surface area contributed by atoms with Gasteiger partial charge in [-0.3, -0.25) is 19.8 Å². The van der Waals surface area contributed by atoms with Crippen molar-refractivity contribution >= 4 is 17.8 Å². The predicted octanol–water partition coefficient (Wildman–Crippen LogP) is -0.177. The number of imide groups is 1. The van der Waals surface area contributed by atoms with Gasteiger partial charge in [-0.05, 0) is 19.9 Å². The van der Waals surface area contributed by atoms with Gasteiger partial charge in [0.05, 0.1) is 13.1 Å². The summed E-state index contributed by atoms with van der Waals surface area (Å²) in [7, 11) is 3.18. The summed E-state index contributed by atoms with van der Waals surface area (Å²) >= 11 is 0. The van der Waals surface area contributed by atoms with E-state index >= 15 is 0 Å². The molecule has 7 nitrogen and oxygen atoms in total. The van der Waals surface area contributed by atoms with Gasteiger partial charge in [0.1, 0.15) is 0 Å². The molecule has 0 unspecified atom stereocenters. The first kappa shape index (κ1) is 16.4. The van der Waals surface area contributed by atoms with E-state index in [9.17, 15) is 14.4 Å². The molecule has 20 heavy (non-hydrogen) atoms. The zero-order valence-corrected chi connectivity index (χ0v) is 12.2. The Labute approximate surface area is 119 Å². The van der Waals surface area contributed by atoms with Crippen LogP contribution < -0.4 is 16.0 Å². The molecule has 7 heteroatoms. The van der Waals surface area contributed by atoms with Gasteiger partial charge < -0.3 is 10.6 Å². The molecule has 0 aromatic carbocycles. The molecule has 1 rings (SSSR count). The van der Waals surface area contributed by atoms with E-state index in [-0.39, 0.29) is 25.0 Å². The second kappa shape index (κ2) is 8.52. The third-order valence-electron chi connectivity index (χ3n) is 3.30. The van der Waals surface area contributed by atoms with Gasteiger partial charge in [-0.15, -0.1) is 0 Å². The lowest BCUT2D eigenvalue weighted by Gasteiger charge is -2.23. The van der Waals surface area contributed by atoms with Gasteiger partial charge in [0.2, 0.25) is 11.8 Å². The smallest absolute Gasteiger partial charge is 0.321 e. The van der Waals surface area contributed by atoms with Crippen LogP contribution in [0.2, 0.25) is 0 Å². The van der Waals surface area contributed by atoms with E-state index in [1.807, 2.05) is 0 Å². The van der Waals surface area contributed by atoms with Gasteiger partial charge in [0.25, 0.3) is 0 Å². The lowest BCUT2D eigenvalue weighted by atomic mass is 9.96. The number of carbonyl (C=O) groups excluding carboxylic acids is 3. The molecule has 114 valence electrons. The molecule has 0 bridgehead atoms. The largest absolute Gasteiger partial charge is 0.358 e. The molecule has 3 N–H and O–H groups in total. The fraction of sp³-hybridized carbons (Fsp3) is 0.769. The first-order chi connectivity index (χ1) is 9.51. The third kappa shape index (κ3) is 6.51. The van der Waals surface area contributed by atoms with Crippen LogP contribution in [0.5, 0.6) is 0 Å². The Morgan fingerprint density at radius 3 is 2.25 bits per heavy atom. The zero-order chi connectivity index (χ0) is 15.0. The topological polar surface area (TPSA) is 90.5 Å². The van der Waals surface area contributed by atoms with Crippen LogP contribution in [0.15, 0.2) is 0 Å². The number of amides is 4. The highest BCUT2D eigenvalue weighted by atomic mass is 16.2.